The van der Waals surface area contributed by atoms with Gasteiger partial charge in [0.25, 0.3) is 5.79 Å². The molecule has 0 aromatic carbocycles. The molecule has 2 rings (SSSR count). The molecule has 1 heterocycles. The quantitative estimate of drug-likeness (QED) is 0.755. The fourth-order valence-electron chi connectivity index (χ4n) is 2.74. The van der Waals surface area contributed by atoms with Crippen molar-refractivity contribution in [2.75, 3.05) is 6.61 Å². The van der Waals surface area contributed by atoms with Gasteiger partial charge in [-0.25, -0.2) is 4.79 Å². The van der Waals surface area contributed by atoms with E-state index in [1.165, 1.54) is 0 Å². The van der Waals surface area contributed by atoms with Gasteiger partial charge in [0.1, 0.15) is 12.2 Å². The van der Waals surface area contributed by atoms with Gasteiger partial charge < -0.3 is 19.9 Å². The molecule has 0 spiro atoms. The van der Waals surface area contributed by atoms with Crippen LogP contribution in [0, 0.1) is 5.92 Å². The van der Waals surface area contributed by atoms with Crippen LogP contribution in [-0.4, -0.2) is 41.0 Å². The second-order valence-corrected chi connectivity index (χ2v) is 7.02. The van der Waals surface area contributed by atoms with Crippen molar-refractivity contribution in [3.05, 3.63) is 0 Å². The van der Waals surface area contributed by atoms with Crippen LogP contribution >= 0.6 is 0 Å². The highest BCUT2D eigenvalue weighted by atomic mass is 16.7. The predicted molar refractivity (Wildman–Crippen MR) is 75.6 cm³/mol. The standard InChI is InChI=1S/C15H25NO5/c1-14(2,3)21-13(18)16-11(8-10-6-4-5-7-10)12(17)15(19)9-20-15/h10-11,19H,4-9H2,1-3H3,(H,16,18)/t11-,15+/m0/s1. The monoisotopic (exact) mass is 299 g/mol. The SMILES string of the molecule is CC(C)(C)OC(=O)N[C@@H](CC1CCCC1)C(=O)[C@@]1(O)CO1. The van der Waals surface area contributed by atoms with E-state index in [9.17, 15) is 14.7 Å². The average molecular weight is 299 g/mol. The Hall–Kier alpha value is -1.14. The van der Waals surface area contributed by atoms with E-state index in [0.29, 0.717) is 12.3 Å². The Bertz CT molecular complexity index is 405. The summed E-state index contributed by atoms with van der Waals surface area (Å²) < 4.78 is 9.99. The van der Waals surface area contributed by atoms with Crippen molar-refractivity contribution < 1.29 is 24.2 Å². The molecule has 1 amide bonds. The molecule has 1 saturated carbocycles. The van der Waals surface area contributed by atoms with E-state index >= 15 is 0 Å². The molecular weight excluding hydrogens is 274 g/mol. The molecule has 2 atom stereocenters. The van der Waals surface area contributed by atoms with Crippen molar-refractivity contribution in [2.45, 2.75) is 70.3 Å². The van der Waals surface area contributed by atoms with Crippen LogP contribution in [0.3, 0.4) is 0 Å². The Morgan fingerprint density at radius 1 is 1.38 bits per heavy atom. The van der Waals surface area contributed by atoms with E-state index in [-0.39, 0.29) is 6.61 Å². The van der Waals surface area contributed by atoms with Crippen LogP contribution in [0.5, 0.6) is 0 Å². The van der Waals surface area contributed by atoms with Crippen LogP contribution in [0.1, 0.15) is 52.9 Å². The average Bonchev–Trinajstić information content (AvgIpc) is 2.88. The smallest absolute Gasteiger partial charge is 0.408 e. The Balaban J connectivity index is 1.97. The highest BCUT2D eigenvalue weighted by Gasteiger charge is 2.53. The van der Waals surface area contributed by atoms with E-state index < -0.39 is 29.3 Å². The highest BCUT2D eigenvalue weighted by Crippen LogP contribution is 2.32. The molecule has 6 nitrogen and oxygen atoms in total. The third kappa shape index (κ3) is 4.68. The molecule has 1 saturated heterocycles. The summed E-state index contributed by atoms with van der Waals surface area (Å²) in [6.07, 6.45) is 4.31. The summed E-state index contributed by atoms with van der Waals surface area (Å²) in [5, 5.41) is 12.4. The van der Waals surface area contributed by atoms with Gasteiger partial charge in [-0.15, -0.1) is 0 Å². The van der Waals surface area contributed by atoms with Crippen LogP contribution < -0.4 is 5.32 Å². The van der Waals surface area contributed by atoms with E-state index in [1.54, 1.807) is 20.8 Å². The second-order valence-electron chi connectivity index (χ2n) is 7.02. The van der Waals surface area contributed by atoms with Crippen LogP contribution in [0.4, 0.5) is 4.79 Å². The van der Waals surface area contributed by atoms with Crippen LogP contribution in [0.25, 0.3) is 0 Å². The fourth-order valence-corrected chi connectivity index (χ4v) is 2.74. The summed E-state index contributed by atoms with van der Waals surface area (Å²) in [6.45, 7) is 5.29. The molecule has 1 aliphatic carbocycles. The molecule has 2 N–H and O–H groups in total. The van der Waals surface area contributed by atoms with Gasteiger partial charge in [0.15, 0.2) is 0 Å². The molecule has 2 aliphatic rings. The molecular formula is C15H25NO5. The lowest BCUT2D eigenvalue weighted by Gasteiger charge is -2.25. The molecule has 21 heavy (non-hydrogen) atoms. The van der Waals surface area contributed by atoms with E-state index in [0.717, 1.165) is 25.7 Å². The zero-order valence-corrected chi connectivity index (χ0v) is 13.0. The number of ether oxygens (including phenoxy) is 2. The number of rotatable bonds is 5. The van der Waals surface area contributed by atoms with Crippen molar-refractivity contribution in [3.8, 4) is 0 Å². The number of nitrogens with one attached hydrogen (secondary N) is 1. The number of hydrogen-bond donors (Lipinski definition) is 2. The third-order valence-corrected chi connectivity index (χ3v) is 3.85. The lowest BCUT2D eigenvalue weighted by molar-refractivity contribution is -0.139. The van der Waals surface area contributed by atoms with E-state index in [2.05, 4.69) is 5.32 Å². The number of aliphatic hydroxyl groups is 1. The van der Waals surface area contributed by atoms with E-state index in [1.807, 2.05) is 0 Å². The number of Topliss-reactive ketones (excluding diaryl/α,β-unsaturated/α-hetero) is 1. The Labute approximate surface area is 125 Å². The van der Waals surface area contributed by atoms with Crippen LogP contribution in [-0.2, 0) is 14.3 Å². The van der Waals surface area contributed by atoms with Crippen LogP contribution in [0.15, 0.2) is 0 Å². The first-order chi connectivity index (χ1) is 9.70. The third-order valence-electron chi connectivity index (χ3n) is 3.85. The number of epoxide rings is 1. The van der Waals surface area contributed by atoms with Crippen molar-refractivity contribution >= 4 is 11.9 Å². The molecule has 6 heteroatoms. The summed E-state index contributed by atoms with van der Waals surface area (Å²) in [5.74, 6) is -1.78. The summed E-state index contributed by atoms with van der Waals surface area (Å²) in [6, 6.07) is -0.754. The lowest BCUT2D eigenvalue weighted by atomic mass is 9.94. The number of carbonyl (C=O) groups excluding carboxylic acids is 2. The fraction of sp³-hybridized carbons (Fsp3) is 0.867. The summed E-state index contributed by atoms with van der Waals surface area (Å²) >= 11 is 0. The highest BCUT2D eigenvalue weighted by molar-refractivity contribution is 5.94. The van der Waals surface area contributed by atoms with Gasteiger partial charge in [0, 0.05) is 0 Å². The molecule has 120 valence electrons. The number of hydrogen-bond acceptors (Lipinski definition) is 5. The second kappa shape index (κ2) is 5.93. The lowest BCUT2D eigenvalue weighted by Crippen LogP contribution is -2.49. The van der Waals surface area contributed by atoms with Gasteiger partial charge >= 0.3 is 6.09 Å². The first-order valence-electron chi connectivity index (χ1n) is 7.60. The minimum absolute atomic E-state index is 0.00297. The number of alkyl carbamates (subject to hydrolysis) is 1. The first-order valence-corrected chi connectivity index (χ1v) is 7.60. The Morgan fingerprint density at radius 3 is 2.43 bits per heavy atom. The summed E-state index contributed by atoms with van der Waals surface area (Å²) in [5.41, 5.74) is -0.627. The largest absolute Gasteiger partial charge is 0.444 e. The molecule has 2 fully saturated rings. The molecule has 0 bridgehead atoms. The zero-order valence-electron chi connectivity index (χ0n) is 13.0. The molecule has 0 unspecified atom stereocenters. The van der Waals surface area contributed by atoms with E-state index in [4.69, 9.17) is 9.47 Å². The predicted octanol–water partition coefficient (Wildman–Crippen LogP) is 1.75. The van der Waals surface area contributed by atoms with Gasteiger partial charge in [-0.2, -0.15) is 0 Å². The summed E-state index contributed by atoms with van der Waals surface area (Å²) in [4.78, 5) is 24.2. The first kappa shape index (κ1) is 16.2. The van der Waals surface area contributed by atoms with Crippen molar-refractivity contribution in [1.29, 1.82) is 0 Å². The van der Waals surface area contributed by atoms with Crippen molar-refractivity contribution in [1.82, 2.24) is 5.32 Å². The minimum atomic E-state index is -1.71. The molecule has 1 aliphatic heterocycles. The Morgan fingerprint density at radius 2 is 1.95 bits per heavy atom. The topological polar surface area (TPSA) is 88.2 Å². The maximum atomic E-state index is 12.3. The number of amides is 1. The van der Waals surface area contributed by atoms with Gasteiger partial charge in [-0.1, -0.05) is 25.7 Å². The zero-order chi connectivity index (χ0) is 15.7. The van der Waals surface area contributed by atoms with Gasteiger partial charge in [0.05, 0.1) is 6.04 Å². The van der Waals surface area contributed by atoms with Crippen molar-refractivity contribution in [2.24, 2.45) is 5.92 Å². The Kier molecular flexibility index (Phi) is 4.58. The van der Waals surface area contributed by atoms with Crippen molar-refractivity contribution in [3.63, 3.8) is 0 Å². The maximum absolute atomic E-state index is 12.3. The molecule has 0 aromatic heterocycles. The number of carbonyl (C=O) groups is 2. The molecule has 0 aromatic rings. The van der Waals surface area contributed by atoms with Gasteiger partial charge in [-0.05, 0) is 33.1 Å². The maximum Gasteiger partial charge on any atom is 0.408 e. The minimum Gasteiger partial charge on any atom is -0.444 e. The normalized spacial score (nSPS) is 27.2. The van der Waals surface area contributed by atoms with Crippen LogP contribution in [0.2, 0.25) is 0 Å². The van der Waals surface area contributed by atoms with Gasteiger partial charge in [-0.3, -0.25) is 4.79 Å². The number of ketones is 1. The summed E-state index contributed by atoms with van der Waals surface area (Å²) in [7, 11) is 0. The molecule has 0 radical (unpaired) electrons. The van der Waals surface area contributed by atoms with Gasteiger partial charge in [0.2, 0.25) is 5.78 Å².